The summed E-state index contributed by atoms with van der Waals surface area (Å²) in [6.45, 7) is 0.324. The Balaban J connectivity index is 1.71. The Hall–Kier alpha value is -1.80. The standard InChI is InChI=1S/C18H15IO2/c19-17-12-10-15(11-13-17)6-4-5-9-18(20)21-14-16-7-2-1-3-8-16/h1-3,7-8,10-13H,5,9,14H2. The molecule has 0 unspecified atom stereocenters. The molecule has 3 heteroatoms. The number of carbonyl (C=O) groups excluding carboxylic acids is 1. The normalized spacial score (nSPS) is 9.57. The Bertz CT molecular complexity index is 636. The van der Waals surface area contributed by atoms with Gasteiger partial charge in [0.2, 0.25) is 0 Å². The van der Waals surface area contributed by atoms with Crippen molar-refractivity contribution in [2.45, 2.75) is 19.4 Å². The van der Waals surface area contributed by atoms with Gasteiger partial charge >= 0.3 is 5.97 Å². The number of halogens is 1. The molecule has 0 spiro atoms. The maximum atomic E-state index is 11.6. The van der Waals surface area contributed by atoms with Crippen molar-refractivity contribution in [3.63, 3.8) is 0 Å². The van der Waals surface area contributed by atoms with Crippen molar-refractivity contribution in [1.82, 2.24) is 0 Å². The Morgan fingerprint density at radius 1 is 1.05 bits per heavy atom. The fraction of sp³-hybridized carbons (Fsp3) is 0.167. The van der Waals surface area contributed by atoms with Gasteiger partial charge in [0.1, 0.15) is 6.61 Å². The summed E-state index contributed by atoms with van der Waals surface area (Å²) in [5.41, 5.74) is 1.96. The lowest BCUT2D eigenvalue weighted by Crippen LogP contribution is -2.03. The maximum absolute atomic E-state index is 11.6. The third kappa shape index (κ3) is 6.01. The highest BCUT2D eigenvalue weighted by Crippen LogP contribution is 2.06. The van der Waals surface area contributed by atoms with Crippen molar-refractivity contribution in [2.24, 2.45) is 0 Å². The summed E-state index contributed by atoms with van der Waals surface area (Å²) in [6.07, 6.45) is 0.837. The van der Waals surface area contributed by atoms with E-state index in [0.717, 1.165) is 11.1 Å². The molecule has 0 N–H and O–H groups in total. The Labute approximate surface area is 138 Å². The van der Waals surface area contributed by atoms with Gasteiger partial charge in [-0.1, -0.05) is 42.2 Å². The minimum absolute atomic E-state index is 0.212. The highest BCUT2D eigenvalue weighted by atomic mass is 127. The van der Waals surface area contributed by atoms with E-state index >= 15 is 0 Å². The summed E-state index contributed by atoms with van der Waals surface area (Å²) in [4.78, 5) is 11.6. The zero-order valence-corrected chi connectivity index (χ0v) is 13.7. The molecule has 0 saturated heterocycles. The molecular formula is C18H15IO2. The largest absolute Gasteiger partial charge is 0.461 e. The second kappa shape index (κ2) is 8.48. The van der Waals surface area contributed by atoms with E-state index in [4.69, 9.17) is 4.74 Å². The molecule has 0 aliphatic carbocycles. The van der Waals surface area contributed by atoms with Crippen molar-refractivity contribution in [3.05, 3.63) is 69.3 Å². The lowest BCUT2D eigenvalue weighted by Gasteiger charge is -2.03. The molecule has 2 rings (SSSR count). The summed E-state index contributed by atoms with van der Waals surface area (Å²) in [5, 5.41) is 0. The fourth-order valence-electron chi connectivity index (χ4n) is 1.67. The molecule has 2 aromatic carbocycles. The monoisotopic (exact) mass is 390 g/mol. The van der Waals surface area contributed by atoms with Crippen molar-refractivity contribution in [3.8, 4) is 11.8 Å². The van der Waals surface area contributed by atoms with Crippen molar-refractivity contribution in [1.29, 1.82) is 0 Å². The quantitative estimate of drug-likeness (QED) is 0.445. The molecule has 0 aliphatic heterocycles. The smallest absolute Gasteiger partial charge is 0.307 e. The number of benzene rings is 2. The number of hydrogen-bond acceptors (Lipinski definition) is 2. The molecule has 0 fully saturated rings. The van der Waals surface area contributed by atoms with E-state index in [9.17, 15) is 4.79 Å². The van der Waals surface area contributed by atoms with Gasteiger partial charge in [-0.15, -0.1) is 0 Å². The number of esters is 1. The van der Waals surface area contributed by atoms with E-state index < -0.39 is 0 Å². The van der Waals surface area contributed by atoms with Gasteiger partial charge in [0.05, 0.1) is 6.42 Å². The van der Waals surface area contributed by atoms with Crippen molar-refractivity contribution < 1.29 is 9.53 Å². The van der Waals surface area contributed by atoms with Crippen LogP contribution in [-0.2, 0) is 16.1 Å². The zero-order valence-electron chi connectivity index (χ0n) is 11.5. The summed E-state index contributed by atoms with van der Waals surface area (Å²) in [7, 11) is 0. The average Bonchev–Trinajstić information content (AvgIpc) is 2.52. The first kappa shape index (κ1) is 15.6. The van der Waals surface area contributed by atoms with E-state index in [-0.39, 0.29) is 5.97 Å². The Morgan fingerprint density at radius 3 is 2.48 bits per heavy atom. The molecule has 0 radical (unpaired) electrons. The SMILES string of the molecule is O=C(CCC#Cc1ccc(I)cc1)OCc1ccccc1. The second-order valence-corrected chi connectivity index (χ2v) is 5.70. The van der Waals surface area contributed by atoms with Crippen LogP contribution in [0.1, 0.15) is 24.0 Å². The first-order chi connectivity index (χ1) is 10.2. The van der Waals surface area contributed by atoms with E-state index in [0.29, 0.717) is 19.4 Å². The summed E-state index contributed by atoms with van der Waals surface area (Å²) in [5.74, 6) is 5.82. The van der Waals surface area contributed by atoms with Gasteiger partial charge in [-0.05, 0) is 52.4 Å². The number of ether oxygens (including phenoxy) is 1. The molecule has 106 valence electrons. The first-order valence-corrected chi connectivity index (χ1v) is 7.76. The molecule has 0 bridgehead atoms. The van der Waals surface area contributed by atoms with Crippen LogP contribution in [0.3, 0.4) is 0 Å². The van der Waals surface area contributed by atoms with Crippen LogP contribution < -0.4 is 0 Å². The van der Waals surface area contributed by atoms with Crippen LogP contribution in [-0.4, -0.2) is 5.97 Å². The van der Waals surface area contributed by atoms with Crippen LogP contribution in [0.4, 0.5) is 0 Å². The topological polar surface area (TPSA) is 26.3 Å². The number of carbonyl (C=O) groups is 1. The van der Waals surface area contributed by atoms with Gasteiger partial charge in [0.25, 0.3) is 0 Å². The van der Waals surface area contributed by atoms with Crippen molar-refractivity contribution >= 4 is 28.6 Å². The highest BCUT2D eigenvalue weighted by molar-refractivity contribution is 14.1. The van der Waals surface area contributed by atoms with Crippen LogP contribution in [0.25, 0.3) is 0 Å². The molecular weight excluding hydrogens is 375 g/mol. The molecule has 21 heavy (non-hydrogen) atoms. The zero-order chi connectivity index (χ0) is 14.9. The molecule has 0 saturated carbocycles. The predicted molar refractivity (Wildman–Crippen MR) is 91.5 cm³/mol. The number of rotatable bonds is 4. The van der Waals surface area contributed by atoms with Gasteiger partial charge in [-0.2, -0.15) is 0 Å². The van der Waals surface area contributed by atoms with Crippen LogP contribution in [0.15, 0.2) is 54.6 Å². The third-order valence-electron chi connectivity index (χ3n) is 2.77. The second-order valence-electron chi connectivity index (χ2n) is 4.45. The van der Waals surface area contributed by atoms with E-state index in [1.807, 2.05) is 54.6 Å². The van der Waals surface area contributed by atoms with E-state index in [2.05, 4.69) is 34.4 Å². The van der Waals surface area contributed by atoms with Gasteiger partial charge in [-0.3, -0.25) is 4.79 Å². The lowest BCUT2D eigenvalue weighted by atomic mass is 10.2. The Morgan fingerprint density at radius 2 is 1.76 bits per heavy atom. The van der Waals surface area contributed by atoms with Crippen LogP contribution in [0, 0.1) is 15.4 Å². The molecule has 0 atom stereocenters. The molecule has 2 aromatic rings. The fourth-order valence-corrected chi connectivity index (χ4v) is 2.03. The highest BCUT2D eigenvalue weighted by Gasteiger charge is 2.01. The molecule has 0 heterocycles. The van der Waals surface area contributed by atoms with Crippen molar-refractivity contribution in [2.75, 3.05) is 0 Å². The third-order valence-corrected chi connectivity index (χ3v) is 3.49. The molecule has 2 nitrogen and oxygen atoms in total. The Kier molecular flexibility index (Phi) is 6.29. The summed E-state index contributed by atoms with van der Waals surface area (Å²) >= 11 is 2.25. The van der Waals surface area contributed by atoms with Crippen LogP contribution in [0.5, 0.6) is 0 Å². The van der Waals surface area contributed by atoms with E-state index in [1.54, 1.807) is 0 Å². The molecule has 0 aromatic heterocycles. The first-order valence-electron chi connectivity index (χ1n) is 6.68. The predicted octanol–water partition coefficient (Wildman–Crippen LogP) is 4.17. The maximum Gasteiger partial charge on any atom is 0.307 e. The van der Waals surface area contributed by atoms with Crippen LogP contribution >= 0.6 is 22.6 Å². The summed E-state index contributed by atoms with van der Waals surface area (Å²) in [6, 6.07) is 17.6. The lowest BCUT2D eigenvalue weighted by molar-refractivity contribution is -0.144. The number of hydrogen-bond donors (Lipinski definition) is 0. The van der Waals surface area contributed by atoms with Gasteiger partial charge in [-0.25, -0.2) is 0 Å². The molecule has 0 amide bonds. The van der Waals surface area contributed by atoms with E-state index in [1.165, 1.54) is 3.57 Å². The minimum atomic E-state index is -0.212. The van der Waals surface area contributed by atoms with Gasteiger partial charge < -0.3 is 4.74 Å². The minimum Gasteiger partial charge on any atom is -0.461 e. The van der Waals surface area contributed by atoms with Crippen LogP contribution in [0.2, 0.25) is 0 Å². The molecule has 0 aliphatic rings. The van der Waals surface area contributed by atoms with Gasteiger partial charge in [0.15, 0.2) is 0 Å². The summed E-state index contributed by atoms with van der Waals surface area (Å²) < 4.78 is 6.37. The average molecular weight is 390 g/mol. The van der Waals surface area contributed by atoms with Gasteiger partial charge in [0, 0.05) is 15.6 Å².